The quantitative estimate of drug-likeness (QED) is 0.746. The van der Waals surface area contributed by atoms with Gasteiger partial charge in [0.2, 0.25) is 10.0 Å². The molecule has 1 fully saturated rings. The van der Waals surface area contributed by atoms with Crippen molar-refractivity contribution >= 4 is 31.8 Å². The van der Waals surface area contributed by atoms with Crippen molar-refractivity contribution in [3.05, 3.63) is 30.4 Å². The van der Waals surface area contributed by atoms with E-state index >= 15 is 0 Å². The zero-order chi connectivity index (χ0) is 18.5. The first-order valence-corrected chi connectivity index (χ1v) is 9.47. The third-order valence-corrected chi connectivity index (χ3v) is 6.32. The molecule has 11 heteroatoms. The molecule has 0 amide bonds. The molecule has 1 N–H and O–H groups in total. The van der Waals surface area contributed by atoms with Gasteiger partial charge in [-0.05, 0) is 12.5 Å². The largest absolute Gasteiger partial charge is 0.404 e. The Kier molecular flexibility index (Phi) is 3.88. The third-order valence-electron chi connectivity index (χ3n) is 4.51. The summed E-state index contributed by atoms with van der Waals surface area (Å²) in [6.07, 6.45) is 0.555. The molecule has 138 valence electrons. The van der Waals surface area contributed by atoms with Crippen LogP contribution in [0, 0.1) is 0 Å². The highest BCUT2D eigenvalue weighted by molar-refractivity contribution is 7.89. The molecule has 0 spiro atoms. The number of hydrogen-bond acceptors (Lipinski definition) is 5. The van der Waals surface area contributed by atoms with Gasteiger partial charge in [-0.2, -0.15) is 23.4 Å². The predicted molar refractivity (Wildman–Crippen MR) is 88.0 cm³/mol. The molecule has 1 aliphatic rings. The second-order valence-electron chi connectivity index (χ2n) is 6.27. The number of hydrogen-bond donors (Lipinski definition) is 1. The number of nitrogens with one attached hydrogen (secondary N) is 1. The van der Waals surface area contributed by atoms with Gasteiger partial charge in [-0.3, -0.25) is 0 Å². The summed E-state index contributed by atoms with van der Waals surface area (Å²) in [5, 5.41) is 10.5. The lowest BCUT2D eigenvalue weighted by atomic mass is 9.98. The van der Waals surface area contributed by atoms with Crippen molar-refractivity contribution < 1.29 is 21.6 Å². The van der Waals surface area contributed by atoms with E-state index in [1.54, 1.807) is 18.6 Å². The summed E-state index contributed by atoms with van der Waals surface area (Å²) in [5.74, 6) is -2.17. The summed E-state index contributed by atoms with van der Waals surface area (Å²) in [6.45, 7) is -0.0110. The van der Waals surface area contributed by atoms with Crippen LogP contribution in [-0.2, 0) is 10.0 Å². The van der Waals surface area contributed by atoms with Gasteiger partial charge in [-0.15, -0.1) is 0 Å². The van der Waals surface area contributed by atoms with E-state index in [1.807, 2.05) is 6.07 Å². The van der Waals surface area contributed by atoms with Crippen LogP contribution < -0.4 is 0 Å². The highest BCUT2D eigenvalue weighted by atomic mass is 32.2. The van der Waals surface area contributed by atoms with Crippen LogP contribution >= 0.6 is 0 Å². The van der Waals surface area contributed by atoms with Crippen LogP contribution in [0.1, 0.15) is 18.0 Å². The van der Waals surface area contributed by atoms with Gasteiger partial charge in [-0.25, -0.2) is 17.7 Å². The SMILES string of the molecule is O=S(=O)(CC(F)(F)F)N1CCC(c2nncc3cnc4[nH]ccc4c23)C1. The first-order chi connectivity index (χ1) is 12.2. The third kappa shape index (κ3) is 3.01. The van der Waals surface area contributed by atoms with Gasteiger partial charge >= 0.3 is 6.18 Å². The number of H-pyrrole nitrogens is 1. The van der Waals surface area contributed by atoms with Crippen molar-refractivity contribution in [2.75, 3.05) is 18.8 Å². The molecule has 1 aliphatic heterocycles. The van der Waals surface area contributed by atoms with Gasteiger partial charge in [0.15, 0.2) is 5.75 Å². The Morgan fingerprint density at radius 1 is 1.31 bits per heavy atom. The molecule has 0 aliphatic carbocycles. The Morgan fingerprint density at radius 2 is 2.12 bits per heavy atom. The number of nitrogens with zero attached hydrogens (tertiary/aromatic N) is 4. The minimum atomic E-state index is -4.76. The average molecular weight is 385 g/mol. The van der Waals surface area contributed by atoms with Crippen molar-refractivity contribution in [2.45, 2.75) is 18.5 Å². The Labute approximate surface area is 146 Å². The molecule has 3 aromatic heterocycles. The number of aromatic amines is 1. The minimum Gasteiger partial charge on any atom is -0.346 e. The van der Waals surface area contributed by atoms with Crippen LogP contribution in [0.25, 0.3) is 21.8 Å². The first-order valence-electron chi connectivity index (χ1n) is 7.86. The summed E-state index contributed by atoms with van der Waals surface area (Å²) >= 11 is 0. The second kappa shape index (κ2) is 5.88. The molecular formula is C15H14F3N5O2S. The molecule has 1 unspecified atom stereocenters. The highest BCUT2D eigenvalue weighted by Gasteiger charge is 2.41. The highest BCUT2D eigenvalue weighted by Crippen LogP contribution is 2.35. The number of sulfonamides is 1. The molecule has 0 bridgehead atoms. The van der Waals surface area contributed by atoms with Gasteiger partial charge < -0.3 is 4.98 Å². The Morgan fingerprint density at radius 3 is 2.88 bits per heavy atom. The molecule has 0 radical (unpaired) electrons. The fourth-order valence-corrected chi connectivity index (χ4v) is 4.79. The van der Waals surface area contributed by atoms with Crippen molar-refractivity contribution in [3.8, 4) is 0 Å². The van der Waals surface area contributed by atoms with Crippen molar-refractivity contribution in [1.82, 2.24) is 24.5 Å². The Balaban J connectivity index is 1.71. The van der Waals surface area contributed by atoms with E-state index in [0.29, 0.717) is 17.8 Å². The molecular weight excluding hydrogens is 371 g/mol. The van der Waals surface area contributed by atoms with Crippen molar-refractivity contribution in [2.24, 2.45) is 0 Å². The van der Waals surface area contributed by atoms with E-state index < -0.39 is 22.0 Å². The molecule has 0 saturated carbocycles. The van der Waals surface area contributed by atoms with Gasteiger partial charge in [0.25, 0.3) is 0 Å². The van der Waals surface area contributed by atoms with E-state index in [-0.39, 0.29) is 19.0 Å². The molecule has 1 atom stereocenters. The number of pyridine rings is 1. The van der Waals surface area contributed by atoms with E-state index in [2.05, 4.69) is 20.2 Å². The maximum absolute atomic E-state index is 12.5. The van der Waals surface area contributed by atoms with Crippen LogP contribution in [0.4, 0.5) is 13.2 Å². The molecule has 7 nitrogen and oxygen atoms in total. The molecule has 4 rings (SSSR count). The monoisotopic (exact) mass is 385 g/mol. The summed E-state index contributed by atoms with van der Waals surface area (Å²) in [6, 6.07) is 1.84. The smallest absolute Gasteiger partial charge is 0.346 e. The fraction of sp³-hybridized carbons (Fsp3) is 0.400. The number of aromatic nitrogens is 4. The van der Waals surface area contributed by atoms with Gasteiger partial charge in [0, 0.05) is 47.6 Å². The van der Waals surface area contributed by atoms with Gasteiger partial charge in [0.1, 0.15) is 5.65 Å². The zero-order valence-corrected chi connectivity index (χ0v) is 14.2. The predicted octanol–water partition coefficient (Wildman–Crippen LogP) is 2.19. The molecule has 1 saturated heterocycles. The maximum atomic E-state index is 12.5. The summed E-state index contributed by atoms with van der Waals surface area (Å²) < 4.78 is 62.5. The lowest BCUT2D eigenvalue weighted by Gasteiger charge is -2.18. The van der Waals surface area contributed by atoms with Crippen LogP contribution in [-0.4, -0.2) is 57.9 Å². The van der Waals surface area contributed by atoms with E-state index in [0.717, 1.165) is 20.5 Å². The first kappa shape index (κ1) is 17.2. The summed E-state index contributed by atoms with van der Waals surface area (Å²) in [5.41, 5.74) is 1.24. The molecule has 4 heterocycles. The van der Waals surface area contributed by atoms with Crippen LogP contribution in [0.2, 0.25) is 0 Å². The normalized spacial score (nSPS) is 19.6. The van der Waals surface area contributed by atoms with Crippen molar-refractivity contribution in [3.63, 3.8) is 0 Å². The fourth-order valence-electron chi connectivity index (χ4n) is 3.40. The topological polar surface area (TPSA) is 91.8 Å². The van der Waals surface area contributed by atoms with Gasteiger partial charge in [-0.1, -0.05) is 0 Å². The van der Waals surface area contributed by atoms with Crippen LogP contribution in [0.3, 0.4) is 0 Å². The number of fused-ring (bicyclic) bond motifs is 3. The van der Waals surface area contributed by atoms with Crippen LogP contribution in [0.5, 0.6) is 0 Å². The van der Waals surface area contributed by atoms with E-state index in [4.69, 9.17) is 0 Å². The summed E-state index contributed by atoms with van der Waals surface area (Å²) in [4.78, 5) is 7.27. The second-order valence-corrected chi connectivity index (χ2v) is 8.24. The van der Waals surface area contributed by atoms with Crippen molar-refractivity contribution in [1.29, 1.82) is 0 Å². The zero-order valence-electron chi connectivity index (χ0n) is 13.4. The minimum absolute atomic E-state index is 0.0303. The molecule has 3 aromatic rings. The maximum Gasteiger partial charge on any atom is 0.404 e. The Bertz CT molecular complexity index is 1080. The standard InChI is InChI=1S/C15H14F3N5O2S/c16-15(17,18)8-26(24,25)23-4-2-9(7-23)13-12-10(6-21-22-13)5-20-14-11(12)1-3-19-14/h1,3,5-6,9H,2,4,7-8H2,(H,19,20). The number of rotatable bonds is 3. The van der Waals surface area contributed by atoms with E-state index in [1.165, 1.54) is 0 Å². The lowest BCUT2D eigenvalue weighted by Crippen LogP contribution is -2.36. The lowest BCUT2D eigenvalue weighted by molar-refractivity contribution is -0.106. The average Bonchev–Trinajstić information content (AvgIpc) is 3.21. The number of halogens is 3. The summed E-state index contributed by atoms with van der Waals surface area (Å²) in [7, 11) is -4.40. The van der Waals surface area contributed by atoms with Gasteiger partial charge in [0.05, 0.1) is 11.9 Å². The van der Waals surface area contributed by atoms with Crippen LogP contribution in [0.15, 0.2) is 24.7 Å². The molecule has 0 aromatic carbocycles. The number of alkyl halides is 3. The molecule has 26 heavy (non-hydrogen) atoms. The Hall–Kier alpha value is -2.27. The van der Waals surface area contributed by atoms with E-state index in [9.17, 15) is 21.6 Å².